The minimum Gasteiger partial charge on any atom is -0.494 e. The van der Waals surface area contributed by atoms with E-state index in [-0.39, 0.29) is 23.8 Å². The zero-order valence-electron chi connectivity index (χ0n) is 20.1. The minimum atomic E-state index is -0.379. The molecule has 1 amide bonds. The van der Waals surface area contributed by atoms with Gasteiger partial charge >= 0.3 is 0 Å². The van der Waals surface area contributed by atoms with Gasteiger partial charge in [0.1, 0.15) is 10.8 Å². The van der Waals surface area contributed by atoms with Gasteiger partial charge < -0.3 is 34.5 Å². The zero-order chi connectivity index (χ0) is 25.1. The summed E-state index contributed by atoms with van der Waals surface area (Å²) in [5.74, 6) is 1.25. The van der Waals surface area contributed by atoms with Gasteiger partial charge in [-0.2, -0.15) is 4.98 Å². The van der Waals surface area contributed by atoms with Gasteiger partial charge in [-0.15, -0.1) is 0 Å². The number of methoxy groups -OCH3 is 1. The molecule has 4 rings (SSSR count). The molecule has 11 nitrogen and oxygen atoms in total. The van der Waals surface area contributed by atoms with E-state index < -0.39 is 0 Å². The van der Waals surface area contributed by atoms with Gasteiger partial charge in [0.05, 0.1) is 18.8 Å². The summed E-state index contributed by atoms with van der Waals surface area (Å²) in [5.41, 5.74) is 0.855. The van der Waals surface area contributed by atoms with Crippen LogP contribution in [0, 0.1) is 0 Å². The van der Waals surface area contributed by atoms with E-state index >= 15 is 0 Å². The Balaban J connectivity index is 1.69. The van der Waals surface area contributed by atoms with Gasteiger partial charge in [0.15, 0.2) is 18.2 Å². The molecule has 0 bridgehead atoms. The molecule has 0 atom stereocenters. The van der Waals surface area contributed by atoms with Crippen LogP contribution in [0.2, 0.25) is 5.02 Å². The summed E-state index contributed by atoms with van der Waals surface area (Å²) in [6, 6.07) is 5.18. The fourth-order valence-corrected chi connectivity index (χ4v) is 3.99. The maximum atomic E-state index is 12.8. The molecule has 12 heteroatoms. The third-order valence-electron chi connectivity index (χ3n) is 5.88. The number of pyridine rings is 1. The highest BCUT2D eigenvalue weighted by Gasteiger charge is 2.19. The Morgan fingerprint density at radius 2 is 1.89 bits per heavy atom. The lowest BCUT2D eigenvalue weighted by Gasteiger charge is -2.32. The van der Waals surface area contributed by atoms with Gasteiger partial charge in [-0.25, -0.2) is 4.98 Å². The Labute approximate surface area is 207 Å². The van der Waals surface area contributed by atoms with Crippen LogP contribution in [0.25, 0.3) is 10.9 Å². The Bertz CT molecular complexity index is 1310. The monoisotopic (exact) mass is 501 g/mol. The highest BCUT2D eigenvalue weighted by atomic mass is 35.5. The molecule has 0 saturated carbocycles. The molecule has 0 spiro atoms. The van der Waals surface area contributed by atoms with Crippen molar-refractivity contribution >= 4 is 45.9 Å². The Kier molecular flexibility index (Phi) is 7.27. The number of likely N-dealkylation sites (N-methyl/N-ethyl adjacent to an activating group) is 2. The number of ether oxygens (including phenoxy) is 2. The van der Waals surface area contributed by atoms with Gasteiger partial charge in [0.2, 0.25) is 5.95 Å². The fourth-order valence-electron chi connectivity index (χ4n) is 3.86. The predicted molar refractivity (Wildman–Crippen MR) is 135 cm³/mol. The van der Waals surface area contributed by atoms with Crippen molar-refractivity contribution in [1.82, 2.24) is 24.8 Å². The van der Waals surface area contributed by atoms with Crippen LogP contribution in [0.1, 0.15) is 0 Å². The number of piperazine rings is 1. The molecule has 1 fully saturated rings. The highest BCUT2D eigenvalue weighted by Crippen LogP contribution is 2.33. The SMILES string of the molecule is CNC(=O)COc1cc2cc(Nc3nc(N4CCN(C)CC4)ncc3Cl)cc(OC)c2n(C)c1=O. The van der Waals surface area contributed by atoms with E-state index in [2.05, 4.69) is 37.4 Å². The molecule has 0 aliphatic carbocycles. The van der Waals surface area contributed by atoms with Crippen molar-refractivity contribution in [3.05, 3.63) is 39.8 Å². The second-order valence-electron chi connectivity index (χ2n) is 8.23. The molecule has 3 heterocycles. The van der Waals surface area contributed by atoms with E-state index in [9.17, 15) is 9.59 Å². The average Bonchev–Trinajstić information content (AvgIpc) is 2.86. The van der Waals surface area contributed by atoms with Crippen molar-refractivity contribution in [2.45, 2.75) is 0 Å². The summed E-state index contributed by atoms with van der Waals surface area (Å²) in [7, 11) is 6.74. The van der Waals surface area contributed by atoms with Crippen LogP contribution in [0.3, 0.4) is 0 Å². The first kappa shape index (κ1) is 24.6. The largest absolute Gasteiger partial charge is 0.494 e. The van der Waals surface area contributed by atoms with Crippen LogP contribution in [0.15, 0.2) is 29.2 Å². The Morgan fingerprint density at radius 3 is 2.57 bits per heavy atom. The molecule has 3 aromatic rings. The second-order valence-corrected chi connectivity index (χ2v) is 8.64. The van der Waals surface area contributed by atoms with Crippen LogP contribution in [-0.4, -0.2) is 79.3 Å². The normalized spacial score (nSPS) is 14.1. The molecule has 1 aliphatic heterocycles. The van der Waals surface area contributed by atoms with E-state index in [0.717, 1.165) is 26.2 Å². The summed E-state index contributed by atoms with van der Waals surface area (Å²) in [6.45, 7) is 3.25. The minimum absolute atomic E-state index is 0.0558. The number of aryl methyl sites for hydroxylation is 1. The maximum absolute atomic E-state index is 12.8. The number of anilines is 3. The smallest absolute Gasteiger partial charge is 0.293 e. The quantitative estimate of drug-likeness (QED) is 0.498. The number of aromatic nitrogens is 3. The number of fused-ring (bicyclic) bond motifs is 1. The Hall–Kier alpha value is -3.57. The third kappa shape index (κ3) is 5.25. The molecule has 186 valence electrons. The van der Waals surface area contributed by atoms with Crippen molar-refractivity contribution in [1.29, 1.82) is 0 Å². The van der Waals surface area contributed by atoms with Crippen molar-refractivity contribution in [3.63, 3.8) is 0 Å². The molecule has 1 aromatic carbocycles. The topological polar surface area (TPSA) is 114 Å². The summed E-state index contributed by atoms with van der Waals surface area (Å²) in [5, 5.41) is 6.76. The molecular formula is C23H28ClN7O4. The zero-order valence-corrected chi connectivity index (χ0v) is 20.8. The number of nitrogens with zero attached hydrogens (tertiary/aromatic N) is 5. The molecule has 35 heavy (non-hydrogen) atoms. The number of carbonyl (C=O) groups is 1. The van der Waals surface area contributed by atoms with Crippen LogP contribution in [-0.2, 0) is 11.8 Å². The Morgan fingerprint density at radius 1 is 1.14 bits per heavy atom. The molecule has 2 N–H and O–H groups in total. The van der Waals surface area contributed by atoms with Gasteiger partial charge in [-0.05, 0) is 19.2 Å². The van der Waals surface area contributed by atoms with E-state index in [4.69, 9.17) is 21.1 Å². The molecule has 0 unspecified atom stereocenters. The lowest BCUT2D eigenvalue weighted by Crippen LogP contribution is -2.45. The number of nitrogens with one attached hydrogen (secondary N) is 2. The fraction of sp³-hybridized carbons (Fsp3) is 0.391. The third-order valence-corrected chi connectivity index (χ3v) is 6.16. The molecule has 2 aromatic heterocycles. The van der Waals surface area contributed by atoms with Crippen LogP contribution >= 0.6 is 11.6 Å². The first-order valence-electron chi connectivity index (χ1n) is 11.1. The van der Waals surface area contributed by atoms with E-state index in [1.165, 1.54) is 18.7 Å². The highest BCUT2D eigenvalue weighted by molar-refractivity contribution is 6.32. The molecular weight excluding hydrogens is 474 g/mol. The van der Waals surface area contributed by atoms with Gasteiger partial charge in [0.25, 0.3) is 11.5 Å². The summed E-state index contributed by atoms with van der Waals surface area (Å²) in [4.78, 5) is 37.8. The number of hydrogen-bond donors (Lipinski definition) is 2. The van der Waals surface area contributed by atoms with Crippen molar-refractivity contribution < 1.29 is 14.3 Å². The predicted octanol–water partition coefficient (Wildman–Crippen LogP) is 1.61. The lowest BCUT2D eigenvalue weighted by atomic mass is 10.1. The van der Waals surface area contributed by atoms with Crippen molar-refractivity contribution in [2.75, 3.05) is 64.2 Å². The summed E-state index contributed by atoms with van der Waals surface area (Å²) >= 11 is 6.41. The van der Waals surface area contributed by atoms with Crippen LogP contribution in [0.4, 0.5) is 17.5 Å². The van der Waals surface area contributed by atoms with E-state index in [0.29, 0.717) is 39.1 Å². The van der Waals surface area contributed by atoms with E-state index in [1.807, 2.05) is 6.07 Å². The van der Waals surface area contributed by atoms with Gasteiger partial charge in [0, 0.05) is 57.4 Å². The first-order chi connectivity index (χ1) is 16.8. The average molecular weight is 502 g/mol. The number of benzene rings is 1. The first-order valence-corrected chi connectivity index (χ1v) is 11.5. The summed E-state index contributed by atoms with van der Waals surface area (Å²) in [6.07, 6.45) is 1.58. The van der Waals surface area contributed by atoms with E-state index in [1.54, 1.807) is 25.4 Å². The summed E-state index contributed by atoms with van der Waals surface area (Å²) < 4.78 is 12.5. The molecule has 1 aliphatic rings. The second kappa shape index (κ2) is 10.4. The van der Waals surface area contributed by atoms with Crippen LogP contribution < -0.4 is 30.6 Å². The number of rotatable bonds is 7. The number of hydrogen-bond acceptors (Lipinski definition) is 9. The van der Waals surface area contributed by atoms with Crippen LogP contribution in [0.5, 0.6) is 11.5 Å². The van der Waals surface area contributed by atoms with Gasteiger partial charge in [-0.1, -0.05) is 11.6 Å². The maximum Gasteiger partial charge on any atom is 0.293 e. The lowest BCUT2D eigenvalue weighted by molar-refractivity contribution is -0.122. The van der Waals surface area contributed by atoms with Gasteiger partial charge in [-0.3, -0.25) is 9.59 Å². The molecule has 0 radical (unpaired) electrons. The number of halogens is 1. The standard InChI is InChI=1S/C23H28ClN7O4/c1-25-19(32)13-35-18-10-14-9-15(11-17(34-4)20(14)30(3)22(18)33)27-21-16(24)12-26-23(28-21)31-7-5-29(2)6-8-31/h9-12H,5-8,13H2,1-4H3,(H,25,32)(H,26,27,28). The number of carbonyl (C=O) groups excluding carboxylic acids is 1. The number of amides is 1. The molecule has 1 saturated heterocycles. The van der Waals surface area contributed by atoms with Crippen molar-refractivity contribution in [3.8, 4) is 11.5 Å². The van der Waals surface area contributed by atoms with Crippen molar-refractivity contribution in [2.24, 2.45) is 7.05 Å².